The number of nitrogens with zero attached hydrogens (tertiary/aromatic N) is 1. The van der Waals surface area contributed by atoms with E-state index in [1.807, 2.05) is 24.3 Å². The van der Waals surface area contributed by atoms with Crippen LogP contribution in [0.15, 0.2) is 62.2 Å². The summed E-state index contributed by atoms with van der Waals surface area (Å²) in [6, 6.07) is 14.4. The van der Waals surface area contributed by atoms with Crippen molar-refractivity contribution in [2.45, 2.75) is 25.3 Å². The number of hydrogen-bond donors (Lipinski definition) is 1. The number of likely N-dealkylation sites (tertiary alicyclic amines) is 1. The van der Waals surface area contributed by atoms with E-state index in [0.29, 0.717) is 17.5 Å². The molecule has 7 heteroatoms. The maximum atomic E-state index is 12.9. The summed E-state index contributed by atoms with van der Waals surface area (Å²) in [6.07, 6.45) is 3.53. The highest BCUT2D eigenvalue weighted by molar-refractivity contribution is 9.10. The smallest absolute Gasteiger partial charge is 0.287 e. The van der Waals surface area contributed by atoms with Crippen molar-refractivity contribution in [3.8, 4) is 5.75 Å². The third-order valence-corrected chi connectivity index (χ3v) is 6.20. The van der Waals surface area contributed by atoms with Crippen molar-refractivity contribution >= 4 is 32.8 Å². The zero-order valence-electron chi connectivity index (χ0n) is 17.4. The van der Waals surface area contributed by atoms with Gasteiger partial charge in [0.25, 0.3) is 5.91 Å². The number of halogens is 1. The fourth-order valence-corrected chi connectivity index (χ4v) is 4.37. The maximum Gasteiger partial charge on any atom is 0.287 e. The predicted octanol–water partition coefficient (Wildman–Crippen LogP) is 4.52. The molecule has 0 saturated carbocycles. The molecule has 1 aromatic heterocycles. The zero-order chi connectivity index (χ0) is 21.8. The molecule has 4 rings (SSSR count). The van der Waals surface area contributed by atoms with Crippen LogP contribution in [0, 0.1) is 0 Å². The third kappa shape index (κ3) is 4.99. The van der Waals surface area contributed by atoms with E-state index < -0.39 is 5.91 Å². The normalized spacial score (nSPS) is 15.5. The van der Waals surface area contributed by atoms with Crippen molar-refractivity contribution in [1.29, 1.82) is 0 Å². The molecule has 1 amide bonds. The maximum absolute atomic E-state index is 12.9. The van der Waals surface area contributed by atoms with Crippen LogP contribution in [-0.4, -0.2) is 37.6 Å². The number of carbonyl (C=O) groups excluding carboxylic acids is 1. The molecule has 1 atom stereocenters. The highest BCUT2D eigenvalue weighted by Gasteiger charge is 2.24. The second-order valence-corrected chi connectivity index (χ2v) is 8.63. The molecule has 0 bridgehead atoms. The van der Waals surface area contributed by atoms with Crippen LogP contribution in [0.25, 0.3) is 11.0 Å². The average molecular weight is 485 g/mol. The molecule has 0 spiro atoms. The van der Waals surface area contributed by atoms with E-state index in [1.54, 1.807) is 25.3 Å². The van der Waals surface area contributed by atoms with Crippen LogP contribution in [-0.2, 0) is 0 Å². The largest absolute Gasteiger partial charge is 0.497 e. The van der Waals surface area contributed by atoms with Crippen LogP contribution in [0.3, 0.4) is 0 Å². The third-order valence-electron chi connectivity index (χ3n) is 5.70. The number of carbonyl (C=O) groups is 1. The van der Waals surface area contributed by atoms with Gasteiger partial charge in [-0.1, -0.05) is 34.5 Å². The van der Waals surface area contributed by atoms with Crippen LogP contribution in [0.5, 0.6) is 5.75 Å². The molecule has 0 radical (unpaired) electrons. The van der Waals surface area contributed by atoms with Crippen LogP contribution in [0.2, 0.25) is 0 Å². The summed E-state index contributed by atoms with van der Waals surface area (Å²) in [7, 11) is 1.65. The molecule has 1 fully saturated rings. The van der Waals surface area contributed by atoms with E-state index in [1.165, 1.54) is 12.5 Å². The van der Waals surface area contributed by atoms with E-state index >= 15 is 0 Å². The van der Waals surface area contributed by atoms with Crippen molar-refractivity contribution in [1.82, 2.24) is 10.2 Å². The monoisotopic (exact) mass is 484 g/mol. The topological polar surface area (TPSA) is 71.8 Å². The van der Waals surface area contributed by atoms with Gasteiger partial charge in [0.2, 0.25) is 0 Å². The lowest BCUT2D eigenvalue weighted by molar-refractivity contribution is 0.0897. The second kappa shape index (κ2) is 9.66. The van der Waals surface area contributed by atoms with Gasteiger partial charge in [0.05, 0.1) is 18.5 Å². The minimum absolute atomic E-state index is 0.0164. The van der Waals surface area contributed by atoms with E-state index in [0.717, 1.165) is 41.7 Å². The predicted molar refractivity (Wildman–Crippen MR) is 124 cm³/mol. The van der Waals surface area contributed by atoms with Gasteiger partial charge in [0.15, 0.2) is 11.2 Å². The summed E-state index contributed by atoms with van der Waals surface area (Å²) in [6.45, 7) is 2.41. The minimum Gasteiger partial charge on any atom is -0.497 e. The van der Waals surface area contributed by atoms with Crippen molar-refractivity contribution in [2.75, 3.05) is 26.7 Å². The van der Waals surface area contributed by atoms with E-state index in [9.17, 15) is 9.59 Å². The first-order valence-electron chi connectivity index (χ1n) is 10.4. The van der Waals surface area contributed by atoms with Crippen molar-refractivity contribution in [3.63, 3.8) is 0 Å². The van der Waals surface area contributed by atoms with Crippen LogP contribution in [0.4, 0.5) is 0 Å². The van der Waals surface area contributed by atoms with Gasteiger partial charge in [-0.3, -0.25) is 14.5 Å². The lowest BCUT2D eigenvalue weighted by Gasteiger charge is -2.35. The number of amides is 1. The Hall–Kier alpha value is -2.64. The summed E-state index contributed by atoms with van der Waals surface area (Å²) in [5, 5.41) is 3.42. The summed E-state index contributed by atoms with van der Waals surface area (Å²) < 4.78 is 11.8. The Morgan fingerprint density at radius 2 is 1.87 bits per heavy atom. The van der Waals surface area contributed by atoms with Gasteiger partial charge in [-0.25, -0.2) is 0 Å². The standard InChI is InChI=1S/C24H25BrN2O4/c1-30-18-8-5-16(6-9-18)20(27-11-3-2-4-12-27)15-26-24(29)23-14-21(28)19-10-7-17(25)13-22(19)31-23/h5-10,13-14,20H,2-4,11-12,15H2,1H3,(H,26,29)/t20-/m1/s1. The quantitative estimate of drug-likeness (QED) is 0.556. The Balaban J connectivity index is 1.55. The summed E-state index contributed by atoms with van der Waals surface area (Å²) in [5.41, 5.74) is 1.27. The lowest BCUT2D eigenvalue weighted by atomic mass is 10.0. The molecular formula is C24H25BrN2O4. The van der Waals surface area contributed by atoms with Gasteiger partial charge < -0.3 is 14.5 Å². The Kier molecular flexibility index (Phi) is 6.73. The van der Waals surface area contributed by atoms with E-state index in [2.05, 4.69) is 26.1 Å². The van der Waals surface area contributed by atoms with Gasteiger partial charge in [0, 0.05) is 17.1 Å². The van der Waals surface area contributed by atoms with Gasteiger partial charge >= 0.3 is 0 Å². The molecule has 6 nitrogen and oxygen atoms in total. The number of hydrogen-bond acceptors (Lipinski definition) is 5. The SMILES string of the molecule is COc1ccc([C@@H](CNC(=O)c2cc(=O)c3ccc(Br)cc3o2)N2CCCCC2)cc1. The van der Waals surface area contributed by atoms with Crippen molar-refractivity contribution in [3.05, 3.63) is 74.6 Å². The minimum atomic E-state index is -0.394. The Morgan fingerprint density at radius 3 is 2.58 bits per heavy atom. The molecule has 1 aliphatic heterocycles. The summed E-state index contributed by atoms with van der Waals surface area (Å²) in [4.78, 5) is 27.7. The molecule has 1 aliphatic rings. The number of benzene rings is 2. The molecule has 31 heavy (non-hydrogen) atoms. The molecule has 0 aliphatic carbocycles. The first-order chi connectivity index (χ1) is 15.0. The molecule has 1 N–H and O–H groups in total. The van der Waals surface area contributed by atoms with Crippen molar-refractivity contribution < 1.29 is 13.9 Å². The van der Waals surface area contributed by atoms with Crippen LogP contribution in [0.1, 0.15) is 41.4 Å². The highest BCUT2D eigenvalue weighted by Crippen LogP contribution is 2.26. The van der Waals surface area contributed by atoms with Crippen LogP contribution < -0.4 is 15.5 Å². The van der Waals surface area contributed by atoms with Crippen molar-refractivity contribution in [2.24, 2.45) is 0 Å². The van der Waals surface area contributed by atoms with E-state index in [4.69, 9.17) is 9.15 Å². The molecule has 0 unspecified atom stereocenters. The Morgan fingerprint density at radius 1 is 1.13 bits per heavy atom. The lowest BCUT2D eigenvalue weighted by Crippen LogP contribution is -2.40. The molecular weight excluding hydrogens is 460 g/mol. The Labute approximate surface area is 189 Å². The fraction of sp³-hybridized carbons (Fsp3) is 0.333. The number of rotatable bonds is 6. The van der Waals surface area contributed by atoms with E-state index in [-0.39, 0.29) is 17.2 Å². The average Bonchev–Trinajstić information content (AvgIpc) is 2.79. The highest BCUT2D eigenvalue weighted by atomic mass is 79.9. The van der Waals surface area contributed by atoms with Gasteiger partial charge in [-0.15, -0.1) is 0 Å². The van der Waals surface area contributed by atoms with Gasteiger partial charge in [-0.2, -0.15) is 0 Å². The molecule has 162 valence electrons. The number of ether oxygens (including phenoxy) is 1. The van der Waals surface area contributed by atoms with Gasteiger partial charge in [0.1, 0.15) is 11.3 Å². The zero-order valence-corrected chi connectivity index (χ0v) is 19.0. The fourth-order valence-electron chi connectivity index (χ4n) is 4.03. The molecule has 3 aromatic rings. The number of piperidine rings is 1. The second-order valence-electron chi connectivity index (χ2n) is 7.71. The Bertz CT molecular complexity index is 1120. The number of methoxy groups -OCH3 is 1. The summed E-state index contributed by atoms with van der Waals surface area (Å²) in [5.74, 6) is 0.423. The number of nitrogens with one attached hydrogen (secondary N) is 1. The molecule has 1 saturated heterocycles. The van der Waals surface area contributed by atoms with Crippen LogP contribution >= 0.6 is 15.9 Å². The first-order valence-corrected chi connectivity index (χ1v) is 11.2. The first kappa shape index (κ1) is 21.6. The van der Waals surface area contributed by atoms with Gasteiger partial charge in [-0.05, 0) is 61.8 Å². The summed E-state index contributed by atoms with van der Waals surface area (Å²) >= 11 is 3.37. The number of fused-ring (bicyclic) bond motifs is 1. The molecule has 2 aromatic carbocycles. The molecule has 2 heterocycles.